The van der Waals surface area contributed by atoms with Gasteiger partial charge >= 0.3 is 0 Å². The Morgan fingerprint density at radius 2 is 1.91 bits per heavy atom. The van der Waals surface area contributed by atoms with Crippen LogP contribution in [0, 0.1) is 0 Å². The van der Waals surface area contributed by atoms with Crippen molar-refractivity contribution in [2.75, 3.05) is 13.7 Å². The number of methoxy groups -OCH3 is 1. The summed E-state index contributed by atoms with van der Waals surface area (Å²) in [6.07, 6.45) is 1.63. The van der Waals surface area contributed by atoms with Gasteiger partial charge in [-0.1, -0.05) is 48.5 Å². The van der Waals surface area contributed by atoms with Gasteiger partial charge in [0.15, 0.2) is 0 Å². The van der Waals surface area contributed by atoms with Crippen LogP contribution in [0.2, 0.25) is 0 Å². The Labute approximate surface area is 190 Å². The summed E-state index contributed by atoms with van der Waals surface area (Å²) in [4.78, 5) is 23.8. The molecule has 0 bridgehead atoms. The average Bonchev–Trinajstić information content (AvgIpc) is 3.58. The molecule has 1 aliphatic carbocycles. The van der Waals surface area contributed by atoms with Gasteiger partial charge < -0.3 is 14.8 Å². The summed E-state index contributed by atoms with van der Waals surface area (Å²) < 4.78 is 5.48. The highest BCUT2D eigenvalue weighted by atomic mass is 32.1. The van der Waals surface area contributed by atoms with E-state index in [0.29, 0.717) is 35.2 Å². The topological polar surface area (TPSA) is 78.5 Å². The Kier molecular flexibility index (Phi) is 5.78. The third kappa shape index (κ3) is 4.19. The molecule has 5 rings (SSSR count). The van der Waals surface area contributed by atoms with E-state index in [-0.39, 0.29) is 5.56 Å². The number of aliphatic hydroxyl groups excluding tert-OH is 1. The number of aliphatic hydroxyl groups is 1. The molecule has 164 valence electrons. The minimum Gasteiger partial charge on any atom is -0.496 e. The summed E-state index contributed by atoms with van der Waals surface area (Å²) in [6.45, 7) is 1.01. The number of benzene rings is 2. The molecule has 4 aromatic rings. The van der Waals surface area contributed by atoms with Crippen molar-refractivity contribution in [3.8, 4) is 16.9 Å². The molecule has 2 aromatic carbocycles. The third-order valence-electron chi connectivity index (χ3n) is 5.90. The van der Waals surface area contributed by atoms with Crippen LogP contribution in [-0.2, 0) is 6.54 Å². The van der Waals surface area contributed by atoms with Gasteiger partial charge in [0.1, 0.15) is 16.4 Å². The monoisotopic (exact) mass is 447 g/mol. The molecule has 2 aromatic heterocycles. The van der Waals surface area contributed by atoms with Gasteiger partial charge in [-0.15, -0.1) is 11.3 Å². The van der Waals surface area contributed by atoms with Gasteiger partial charge in [0.05, 0.1) is 25.1 Å². The van der Waals surface area contributed by atoms with Crippen molar-refractivity contribution in [1.82, 2.24) is 14.9 Å². The van der Waals surface area contributed by atoms with Crippen molar-refractivity contribution in [3.63, 3.8) is 0 Å². The molecule has 0 spiro atoms. The van der Waals surface area contributed by atoms with Gasteiger partial charge in [0.25, 0.3) is 5.56 Å². The standard InChI is InChI=1S/C25H25N3O3S/c1-31-21-10-6-5-9-18(21)19-15-32-25-23(19)24(30)26-22(27-25)14-28(17-11-12-17)13-20(29)16-7-3-2-4-8-16/h2-10,15,17,20,29H,11-14H2,1H3,(H,26,27,30)/t20-/m0/s1. The highest BCUT2D eigenvalue weighted by Crippen LogP contribution is 2.36. The van der Waals surface area contributed by atoms with Crippen LogP contribution in [0.15, 0.2) is 64.8 Å². The molecular formula is C25H25N3O3S. The Hall–Kier alpha value is -3.00. The van der Waals surface area contributed by atoms with E-state index in [4.69, 9.17) is 9.72 Å². The number of hydrogen-bond donors (Lipinski definition) is 2. The molecule has 0 saturated heterocycles. The molecule has 7 heteroatoms. The lowest BCUT2D eigenvalue weighted by Crippen LogP contribution is -2.32. The minimum atomic E-state index is -0.578. The Bertz CT molecular complexity index is 1280. The number of rotatable bonds is 8. The summed E-state index contributed by atoms with van der Waals surface area (Å²) in [6, 6.07) is 17.8. The number of thiophene rings is 1. The smallest absolute Gasteiger partial charge is 0.260 e. The first-order valence-corrected chi connectivity index (χ1v) is 11.6. The highest BCUT2D eigenvalue weighted by molar-refractivity contribution is 7.17. The van der Waals surface area contributed by atoms with Crippen molar-refractivity contribution < 1.29 is 9.84 Å². The van der Waals surface area contributed by atoms with Gasteiger partial charge in [-0.05, 0) is 24.5 Å². The van der Waals surface area contributed by atoms with Crippen molar-refractivity contribution >= 4 is 21.6 Å². The van der Waals surface area contributed by atoms with Crippen LogP contribution in [0.1, 0.15) is 30.3 Å². The zero-order valence-corrected chi connectivity index (χ0v) is 18.6. The van der Waals surface area contributed by atoms with E-state index in [2.05, 4.69) is 9.88 Å². The fourth-order valence-electron chi connectivity index (χ4n) is 4.11. The van der Waals surface area contributed by atoms with Crippen molar-refractivity contribution in [3.05, 3.63) is 81.7 Å². The predicted octanol–water partition coefficient (Wildman–Crippen LogP) is 4.36. The second-order valence-electron chi connectivity index (χ2n) is 8.13. The Morgan fingerprint density at radius 3 is 2.66 bits per heavy atom. The average molecular weight is 448 g/mol. The maximum absolute atomic E-state index is 13.1. The molecule has 2 heterocycles. The number of ether oxygens (including phenoxy) is 1. The van der Waals surface area contributed by atoms with Crippen LogP contribution < -0.4 is 10.3 Å². The van der Waals surface area contributed by atoms with E-state index < -0.39 is 6.10 Å². The molecule has 0 radical (unpaired) electrons. The number of nitrogens with zero attached hydrogens (tertiary/aromatic N) is 2. The van der Waals surface area contributed by atoms with Crippen molar-refractivity contribution in [2.45, 2.75) is 31.5 Å². The molecule has 1 aliphatic rings. The SMILES string of the molecule is COc1ccccc1-c1csc2nc(CN(C[C@H](O)c3ccccc3)C3CC3)[nH]c(=O)c12. The number of hydrogen-bond acceptors (Lipinski definition) is 6. The molecule has 0 unspecified atom stereocenters. The van der Waals surface area contributed by atoms with Crippen LogP contribution in [0.4, 0.5) is 0 Å². The first-order valence-electron chi connectivity index (χ1n) is 10.7. The van der Waals surface area contributed by atoms with Crippen LogP contribution in [0.25, 0.3) is 21.3 Å². The zero-order valence-electron chi connectivity index (χ0n) is 17.8. The maximum Gasteiger partial charge on any atom is 0.260 e. The predicted molar refractivity (Wildman–Crippen MR) is 127 cm³/mol. The summed E-state index contributed by atoms with van der Waals surface area (Å²) in [7, 11) is 1.63. The Morgan fingerprint density at radius 1 is 1.16 bits per heavy atom. The molecule has 1 fully saturated rings. The molecule has 2 N–H and O–H groups in total. The second kappa shape index (κ2) is 8.86. The summed E-state index contributed by atoms with van der Waals surface area (Å²) in [5, 5.41) is 13.3. The number of aromatic nitrogens is 2. The summed E-state index contributed by atoms with van der Waals surface area (Å²) >= 11 is 1.46. The third-order valence-corrected chi connectivity index (χ3v) is 6.77. The number of fused-ring (bicyclic) bond motifs is 1. The second-order valence-corrected chi connectivity index (χ2v) is 8.99. The lowest BCUT2D eigenvalue weighted by Gasteiger charge is -2.24. The van der Waals surface area contributed by atoms with Crippen LogP contribution in [0.3, 0.4) is 0 Å². The van der Waals surface area contributed by atoms with E-state index >= 15 is 0 Å². The number of H-pyrrole nitrogens is 1. The molecule has 32 heavy (non-hydrogen) atoms. The summed E-state index contributed by atoms with van der Waals surface area (Å²) in [5.41, 5.74) is 2.47. The fourth-order valence-corrected chi connectivity index (χ4v) is 5.07. The molecule has 6 nitrogen and oxygen atoms in total. The fraction of sp³-hybridized carbons (Fsp3) is 0.280. The zero-order chi connectivity index (χ0) is 22.1. The van der Waals surface area contributed by atoms with Crippen molar-refractivity contribution in [2.24, 2.45) is 0 Å². The van der Waals surface area contributed by atoms with Crippen LogP contribution in [0.5, 0.6) is 5.75 Å². The largest absolute Gasteiger partial charge is 0.496 e. The van der Waals surface area contributed by atoms with Gasteiger partial charge in [-0.3, -0.25) is 9.69 Å². The van der Waals surface area contributed by atoms with Gasteiger partial charge in [0.2, 0.25) is 0 Å². The lowest BCUT2D eigenvalue weighted by atomic mass is 10.1. The molecule has 1 saturated carbocycles. The normalized spacial score (nSPS) is 14.7. The quantitative estimate of drug-likeness (QED) is 0.420. The van der Waals surface area contributed by atoms with Gasteiger partial charge in [-0.25, -0.2) is 4.98 Å². The molecule has 0 amide bonds. The summed E-state index contributed by atoms with van der Waals surface area (Å²) in [5.74, 6) is 1.36. The van der Waals surface area contributed by atoms with Crippen molar-refractivity contribution in [1.29, 1.82) is 0 Å². The molecule has 0 aliphatic heterocycles. The highest BCUT2D eigenvalue weighted by Gasteiger charge is 2.31. The first kappa shape index (κ1) is 20.9. The van der Waals surface area contributed by atoms with E-state index in [9.17, 15) is 9.90 Å². The number of nitrogens with one attached hydrogen (secondary N) is 1. The molecular weight excluding hydrogens is 422 g/mol. The molecule has 1 atom stereocenters. The van der Waals surface area contributed by atoms with E-state index in [1.54, 1.807) is 7.11 Å². The Balaban J connectivity index is 1.43. The van der Waals surface area contributed by atoms with Crippen LogP contribution in [-0.4, -0.2) is 39.7 Å². The van der Waals surface area contributed by atoms with Gasteiger partial charge in [-0.2, -0.15) is 0 Å². The van der Waals surface area contributed by atoms with E-state index in [1.807, 2.05) is 60.0 Å². The minimum absolute atomic E-state index is 0.147. The maximum atomic E-state index is 13.1. The number of para-hydroxylation sites is 1. The lowest BCUT2D eigenvalue weighted by molar-refractivity contribution is 0.103. The van der Waals surface area contributed by atoms with E-state index in [0.717, 1.165) is 35.3 Å². The van der Waals surface area contributed by atoms with E-state index in [1.165, 1.54) is 11.3 Å². The van der Waals surface area contributed by atoms with Gasteiger partial charge in [0, 0.05) is 29.1 Å². The number of aromatic amines is 1. The first-order chi connectivity index (χ1) is 15.6. The van der Waals surface area contributed by atoms with Crippen LogP contribution >= 0.6 is 11.3 Å².